The summed E-state index contributed by atoms with van der Waals surface area (Å²) in [6.45, 7) is 25.3. The van der Waals surface area contributed by atoms with E-state index in [0.717, 1.165) is 108 Å². The average molecular weight is 1040 g/mol. The van der Waals surface area contributed by atoms with Crippen molar-refractivity contribution in [3.63, 3.8) is 0 Å². The number of nitrogens with one attached hydrogen (secondary N) is 1. The van der Waals surface area contributed by atoms with E-state index in [0.29, 0.717) is 72.1 Å². The number of benzene rings is 1. The number of piperidine rings is 2. The van der Waals surface area contributed by atoms with Gasteiger partial charge in [0.2, 0.25) is 5.91 Å². The molecule has 13 rings (SSSR count). The number of allylic oxidation sites excluding steroid dienone is 4. The molecular weight excluding hydrogens is 941 g/mol. The van der Waals surface area contributed by atoms with Crippen LogP contribution in [0.4, 0.5) is 0 Å². The lowest BCUT2D eigenvalue weighted by atomic mass is 9.56. The summed E-state index contributed by atoms with van der Waals surface area (Å²) < 4.78 is 14.5. The lowest BCUT2D eigenvalue weighted by molar-refractivity contribution is -0.121. The first-order valence-electron chi connectivity index (χ1n) is 31.5. The smallest absolute Gasteiger partial charge is 0.220 e. The predicted molar refractivity (Wildman–Crippen MR) is 304 cm³/mol. The summed E-state index contributed by atoms with van der Waals surface area (Å²) in [6, 6.07) is 11.2. The van der Waals surface area contributed by atoms with Crippen molar-refractivity contribution in [1.82, 2.24) is 15.1 Å². The van der Waals surface area contributed by atoms with Crippen LogP contribution >= 0.6 is 0 Å². The van der Waals surface area contributed by atoms with Crippen LogP contribution in [0.25, 0.3) is 0 Å². The maximum atomic E-state index is 12.7. The van der Waals surface area contributed by atoms with Gasteiger partial charge in [-0.1, -0.05) is 106 Å². The molecule has 0 bridgehead atoms. The highest BCUT2D eigenvalue weighted by atomic mass is 16.5. The number of amides is 1. The van der Waals surface area contributed by atoms with Crippen molar-refractivity contribution < 1.29 is 24.5 Å². The van der Waals surface area contributed by atoms with Crippen LogP contribution in [0.3, 0.4) is 0 Å². The SMILES string of the molecule is CC1=C2C[C@H]3[C@@H](CC=C4C[C@@H](O)CC[C@@]43C)[C@@H]2CC[C@]12O[C@@H]1C[C@H](C)CN(CCN)[C@H]1[C@H]2C.CC1=C2C[C@H]3[C@@H](CC=C4C[C@@H](O)CC[C@@]43C)[C@@H]2CC[C@]12O[C@@H]1C[C@H](C)CN(CCNC(=O)CCc3ccccc3)[C@H]1[C@H]2C. The zero-order valence-corrected chi connectivity index (χ0v) is 48.3. The third-order valence-electron chi connectivity index (χ3n) is 24.8. The number of likely N-dealkylation sites (tertiary alicyclic amines) is 2. The van der Waals surface area contributed by atoms with Gasteiger partial charge in [-0.15, -0.1) is 0 Å². The fourth-order valence-corrected chi connectivity index (χ4v) is 20.9. The number of hydrogen-bond donors (Lipinski definition) is 4. The number of carbonyl (C=O) groups is 1. The zero-order chi connectivity index (χ0) is 53.1. The number of nitrogens with two attached hydrogens (primary N) is 1. The Bertz CT molecular complexity index is 2470. The van der Waals surface area contributed by atoms with E-state index >= 15 is 0 Å². The molecule has 0 radical (unpaired) electrons. The van der Waals surface area contributed by atoms with Crippen molar-refractivity contribution in [2.45, 2.75) is 219 Å². The van der Waals surface area contributed by atoms with E-state index < -0.39 is 0 Å². The standard InChI is InChI=1S/C38H54N2O3.C29H46N2O2/c1-24-20-34-36(40(23-24)19-18-39-35(42)13-10-27-8-6-5-7-9-27)26(3)38(43-34)17-15-30-31-12-11-28-21-29(41)14-16-37(28,4)33(31)22-32(30)25(38)2;1-17-13-26-27(31(16-17)12-11-30)19(3)29(33-26)10-8-22-23-6-5-20-14-21(32)7-9-28(20,4)25(23)15-24(22)18(29)2/h5-9,11,24,26,29-31,33-34,36,41H,10,12-23H2,1-4H3,(H,39,42);5,17,19,21-23,25-27,32H,6-16,30H2,1-4H3/t24-,26+,29-,30-,31-,33-,34+,36-,37-,38-;17-,19+,21-,22-,23-,25-,26+,27-,28-,29-/m00/s1. The minimum absolute atomic E-state index is 0.0640. The second-order valence-corrected chi connectivity index (χ2v) is 28.5. The molecule has 1 amide bonds. The van der Waals surface area contributed by atoms with Crippen LogP contribution in [0.15, 0.2) is 75.9 Å². The number of rotatable bonds is 8. The van der Waals surface area contributed by atoms with E-state index in [1.807, 2.05) is 18.2 Å². The van der Waals surface area contributed by atoms with E-state index in [-0.39, 0.29) is 40.8 Å². The van der Waals surface area contributed by atoms with Crippen LogP contribution in [-0.4, -0.2) is 113 Å². The quantitative estimate of drug-likeness (QED) is 0.190. The van der Waals surface area contributed by atoms with Gasteiger partial charge in [0.05, 0.1) is 35.6 Å². The number of nitrogens with zero attached hydrogens (tertiary/aromatic N) is 2. The first-order chi connectivity index (χ1) is 36.5. The summed E-state index contributed by atoms with van der Waals surface area (Å²) in [5.74, 6) is 6.89. The maximum Gasteiger partial charge on any atom is 0.220 e. The summed E-state index contributed by atoms with van der Waals surface area (Å²) in [5, 5.41) is 24.0. The second-order valence-electron chi connectivity index (χ2n) is 28.5. The highest BCUT2D eigenvalue weighted by Crippen LogP contribution is 2.67. The van der Waals surface area contributed by atoms with Crippen molar-refractivity contribution in [3.8, 4) is 0 Å². The van der Waals surface area contributed by atoms with Gasteiger partial charge in [0, 0.05) is 69.6 Å². The van der Waals surface area contributed by atoms with E-state index in [9.17, 15) is 15.0 Å². The Morgan fingerprint density at radius 2 is 1.17 bits per heavy atom. The van der Waals surface area contributed by atoms with Crippen LogP contribution in [0, 0.1) is 70.0 Å². The van der Waals surface area contributed by atoms with Crippen LogP contribution in [0.5, 0.6) is 0 Å². The largest absolute Gasteiger partial charge is 0.393 e. The Morgan fingerprint density at radius 3 is 1.66 bits per heavy atom. The molecule has 9 heteroatoms. The van der Waals surface area contributed by atoms with Gasteiger partial charge in [0.25, 0.3) is 0 Å². The maximum absolute atomic E-state index is 12.7. The summed E-state index contributed by atoms with van der Waals surface area (Å²) in [7, 11) is 0. The van der Waals surface area contributed by atoms with Gasteiger partial charge in [-0.3, -0.25) is 14.6 Å². The van der Waals surface area contributed by atoms with Crippen LogP contribution in [-0.2, 0) is 20.7 Å². The summed E-state index contributed by atoms with van der Waals surface area (Å²) in [5.41, 5.74) is 17.4. The molecule has 4 aliphatic heterocycles. The third-order valence-corrected chi connectivity index (χ3v) is 24.8. The van der Waals surface area contributed by atoms with Gasteiger partial charge in [0.15, 0.2) is 0 Å². The molecule has 4 heterocycles. The molecule has 0 unspecified atom stereocenters. The number of aliphatic hydroxyl groups is 2. The molecule has 1 aromatic rings. The van der Waals surface area contributed by atoms with Gasteiger partial charge in [-0.2, -0.15) is 0 Å². The van der Waals surface area contributed by atoms with Crippen LogP contribution < -0.4 is 11.1 Å². The number of aryl methyl sites for hydroxylation is 1. The molecule has 76 heavy (non-hydrogen) atoms. The fourth-order valence-electron chi connectivity index (χ4n) is 20.9. The average Bonchev–Trinajstić information content (AvgIpc) is 4.17. The molecule has 4 saturated carbocycles. The fraction of sp³-hybridized carbons (Fsp3) is 0.776. The number of fused-ring (bicyclic) bond motifs is 12. The zero-order valence-electron chi connectivity index (χ0n) is 48.3. The molecule has 12 aliphatic rings. The number of carbonyl (C=O) groups excluding carboxylic acids is 1. The molecule has 9 nitrogen and oxygen atoms in total. The van der Waals surface area contributed by atoms with Crippen molar-refractivity contribution in [2.24, 2.45) is 75.7 Å². The Morgan fingerprint density at radius 1 is 0.684 bits per heavy atom. The molecule has 0 aromatic heterocycles. The highest BCUT2D eigenvalue weighted by Gasteiger charge is 2.64. The summed E-state index contributed by atoms with van der Waals surface area (Å²) >= 11 is 0. The Kier molecular flexibility index (Phi) is 14.7. The lowest BCUT2D eigenvalue weighted by Gasteiger charge is -2.49. The Balaban J connectivity index is 0.000000159. The van der Waals surface area contributed by atoms with Gasteiger partial charge in [-0.05, 0) is 198 Å². The number of ether oxygens (including phenoxy) is 2. The van der Waals surface area contributed by atoms with Gasteiger partial charge in [0.1, 0.15) is 0 Å². The van der Waals surface area contributed by atoms with Gasteiger partial charge < -0.3 is 30.7 Å². The Hall–Kier alpha value is -2.63. The minimum Gasteiger partial charge on any atom is -0.393 e. The monoisotopic (exact) mass is 1040 g/mol. The molecule has 4 saturated heterocycles. The van der Waals surface area contributed by atoms with Gasteiger partial charge >= 0.3 is 0 Å². The van der Waals surface area contributed by atoms with E-state index in [1.54, 1.807) is 33.4 Å². The van der Waals surface area contributed by atoms with Crippen molar-refractivity contribution in [2.75, 3.05) is 39.3 Å². The molecule has 8 fully saturated rings. The first-order valence-corrected chi connectivity index (χ1v) is 31.5. The lowest BCUT2D eigenvalue weighted by Crippen LogP contribution is -2.54. The molecule has 2 spiro atoms. The molecule has 418 valence electrons. The van der Waals surface area contributed by atoms with Crippen LogP contribution in [0.1, 0.15) is 170 Å². The normalized spacial score (nSPS) is 46.4. The van der Waals surface area contributed by atoms with Gasteiger partial charge in [-0.25, -0.2) is 0 Å². The van der Waals surface area contributed by atoms with E-state index in [1.165, 1.54) is 63.5 Å². The summed E-state index contributed by atoms with van der Waals surface area (Å²) in [4.78, 5) is 18.0. The van der Waals surface area contributed by atoms with Crippen molar-refractivity contribution in [3.05, 3.63) is 81.5 Å². The van der Waals surface area contributed by atoms with E-state index in [2.05, 4.69) is 94.8 Å². The second kappa shape index (κ2) is 20.7. The molecule has 1 aromatic carbocycles. The summed E-state index contributed by atoms with van der Waals surface area (Å²) in [6.07, 6.45) is 24.9. The highest BCUT2D eigenvalue weighted by molar-refractivity contribution is 5.76. The number of aliphatic hydroxyl groups excluding tert-OH is 2. The molecule has 5 N–H and O–H groups in total. The molecular formula is C67H100N4O5. The first kappa shape index (κ1) is 54.0. The van der Waals surface area contributed by atoms with Crippen molar-refractivity contribution in [1.29, 1.82) is 0 Å². The number of hydrogen-bond acceptors (Lipinski definition) is 8. The van der Waals surface area contributed by atoms with Crippen molar-refractivity contribution >= 4 is 5.91 Å². The van der Waals surface area contributed by atoms with E-state index in [4.69, 9.17) is 15.2 Å². The topological polar surface area (TPSA) is 121 Å². The molecule has 8 aliphatic carbocycles. The predicted octanol–water partition coefficient (Wildman–Crippen LogP) is 11.1. The minimum atomic E-state index is -0.146. The Labute approximate surface area is 458 Å². The van der Waals surface area contributed by atoms with Crippen LogP contribution in [0.2, 0.25) is 0 Å². The molecule has 20 atom stereocenters. The third kappa shape index (κ3) is 8.89.